The Morgan fingerprint density at radius 1 is 1.26 bits per heavy atom. The highest BCUT2D eigenvalue weighted by Crippen LogP contribution is 2.31. The van der Waals surface area contributed by atoms with Gasteiger partial charge in [0.2, 0.25) is 5.91 Å². The van der Waals surface area contributed by atoms with Crippen molar-refractivity contribution in [2.75, 3.05) is 37.5 Å². The lowest BCUT2D eigenvalue weighted by atomic mass is 9.86. The Balaban J connectivity index is 1.65. The Hall–Kier alpha value is -3.79. The maximum atomic E-state index is 12.3. The summed E-state index contributed by atoms with van der Waals surface area (Å²) in [4.78, 5) is 41.2. The molecule has 4 rings (SSSR count). The zero-order valence-corrected chi connectivity index (χ0v) is 19.3. The Morgan fingerprint density at radius 3 is 2.82 bits per heavy atom. The van der Waals surface area contributed by atoms with Crippen molar-refractivity contribution in [3.8, 4) is 0 Å². The van der Waals surface area contributed by atoms with E-state index in [9.17, 15) is 14.7 Å². The Bertz CT molecular complexity index is 1200. The fourth-order valence-electron chi connectivity index (χ4n) is 4.39. The van der Waals surface area contributed by atoms with E-state index in [-0.39, 0.29) is 36.0 Å². The molecule has 2 atom stereocenters. The van der Waals surface area contributed by atoms with Gasteiger partial charge in [0.25, 0.3) is 5.91 Å². The third kappa shape index (κ3) is 4.91. The molecule has 2 aromatic heterocycles. The summed E-state index contributed by atoms with van der Waals surface area (Å²) in [5.41, 5.74) is 7.14. The third-order valence-corrected chi connectivity index (χ3v) is 6.19. The minimum Gasteiger partial charge on any atom is -0.394 e. The van der Waals surface area contributed by atoms with Gasteiger partial charge in [0.15, 0.2) is 11.5 Å². The largest absolute Gasteiger partial charge is 0.394 e. The molecule has 178 valence electrons. The number of aromatic nitrogens is 3. The van der Waals surface area contributed by atoms with E-state index >= 15 is 0 Å². The predicted octanol–water partition coefficient (Wildman–Crippen LogP) is 1.92. The van der Waals surface area contributed by atoms with Gasteiger partial charge in [-0.1, -0.05) is 6.07 Å². The number of carbonyl (C=O) groups excluding carboxylic acids is 2. The number of anilines is 3. The van der Waals surface area contributed by atoms with Crippen molar-refractivity contribution in [3.05, 3.63) is 48.4 Å². The summed E-state index contributed by atoms with van der Waals surface area (Å²) in [6.07, 6.45) is 5.25. The first-order valence-corrected chi connectivity index (χ1v) is 11.2. The number of aliphatic hydroxyl groups is 1. The second kappa shape index (κ2) is 10.0. The minimum atomic E-state index is -0.698. The Kier molecular flexibility index (Phi) is 6.87. The molecule has 0 saturated carbocycles. The molecule has 3 aromatic rings. The van der Waals surface area contributed by atoms with Gasteiger partial charge < -0.3 is 26.0 Å². The van der Waals surface area contributed by atoms with Crippen LogP contribution >= 0.6 is 0 Å². The Morgan fingerprint density at radius 2 is 2.09 bits per heavy atom. The maximum Gasteiger partial charge on any atom is 0.271 e. The van der Waals surface area contributed by atoms with E-state index in [4.69, 9.17) is 5.73 Å². The van der Waals surface area contributed by atoms with Crippen molar-refractivity contribution >= 4 is 40.0 Å². The van der Waals surface area contributed by atoms with Crippen LogP contribution in [0.1, 0.15) is 29.8 Å². The van der Waals surface area contributed by atoms with Gasteiger partial charge in [-0.3, -0.25) is 14.6 Å². The quantitative estimate of drug-likeness (QED) is 0.483. The first kappa shape index (κ1) is 23.4. The number of pyridine rings is 1. The highest BCUT2D eigenvalue weighted by Gasteiger charge is 2.34. The van der Waals surface area contributed by atoms with E-state index in [2.05, 4.69) is 20.3 Å². The van der Waals surface area contributed by atoms with Crippen LogP contribution in [0.3, 0.4) is 0 Å². The van der Waals surface area contributed by atoms with E-state index in [0.717, 1.165) is 23.7 Å². The number of carbonyl (C=O) groups is 2. The number of nitrogens with one attached hydrogen (secondary N) is 1. The summed E-state index contributed by atoms with van der Waals surface area (Å²) in [5, 5.41) is 14.3. The Labute approximate surface area is 197 Å². The van der Waals surface area contributed by atoms with Gasteiger partial charge in [-0.05, 0) is 43.0 Å². The fourth-order valence-corrected chi connectivity index (χ4v) is 4.39. The van der Waals surface area contributed by atoms with Crippen LogP contribution in [0, 0.1) is 5.92 Å². The van der Waals surface area contributed by atoms with Crippen molar-refractivity contribution in [2.24, 2.45) is 11.7 Å². The zero-order chi connectivity index (χ0) is 24.2. The molecule has 10 heteroatoms. The molecular weight excluding hydrogens is 434 g/mol. The van der Waals surface area contributed by atoms with Crippen LogP contribution < -0.4 is 16.0 Å². The van der Waals surface area contributed by atoms with Crippen LogP contribution in [-0.4, -0.2) is 70.1 Å². The molecule has 1 aliphatic rings. The summed E-state index contributed by atoms with van der Waals surface area (Å²) < 4.78 is 0. The van der Waals surface area contributed by atoms with Crippen molar-refractivity contribution < 1.29 is 14.7 Å². The van der Waals surface area contributed by atoms with Gasteiger partial charge in [0, 0.05) is 44.3 Å². The monoisotopic (exact) mass is 463 g/mol. The van der Waals surface area contributed by atoms with Crippen molar-refractivity contribution in [1.29, 1.82) is 0 Å². The number of amides is 2. The van der Waals surface area contributed by atoms with E-state index in [1.807, 2.05) is 35.2 Å². The highest BCUT2D eigenvalue weighted by atomic mass is 16.3. The lowest BCUT2D eigenvalue weighted by molar-refractivity contribution is -0.130. The molecule has 0 aliphatic carbocycles. The first-order valence-electron chi connectivity index (χ1n) is 11.2. The fraction of sp³-hybridized carbons (Fsp3) is 0.375. The molecule has 34 heavy (non-hydrogen) atoms. The molecule has 2 amide bonds. The molecule has 4 N–H and O–H groups in total. The number of nitrogens with zero attached hydrogens (tertiary/aromatic N) is 5. The van der Waals surface area contributed by atoms with Crippen LogP contribution in [-0.2, 0) is 4.79 Å². The lowest BCUT2D eigenvalue weighted by Crippen LogP contribution is -2.49. The standard InChI is InChI=1S/C24H29N7O3/c1-30(2)21(33)12-16-6-4-10-31(19(16)14-32)20-13-27-22(23(25)34)24(29-20)28-17-7-8-18-15(11-17)5-3-9-26-18/h3,5,7-9,11,13,16,19,32H,4,6,10,12,14H2,1-2H3,(H2,25,34)(H,28,29)/t16-,19-/m1/s1. The second-order valence-corrected chi connectivity index (χ2v) is 8.66. The minimum absolute atomic E-state index is 0.0179. The molecule has 0 unspecified atom stereocenters. The number of benzene rings is 1. The van der Waals surface area contributed by atoms with Gasteiger partial charge in [-0.15, -0.1) is 0 Å². The third-order valence-electron chi connectivity index (χ3n) is 6.19. The van der Waals surface area contributed by atoms with Crippen molar-refractivity contribution in [1.82, 2.24) is 19.9 Å². The van der Waals surface area contributed by atoms with Crippen LogP contribution in [0.4, 0.5) is 17.3 Å². The van der Waals surface area contributed by atoms with Gasteiger partial charge in [-0.25, -0.2) is 9.97 Å². The molecule has 0 spiro atoms. The first-order chi connectivity index (χ1) is 16.4. The number of piperidine rings is 1. The summed E-state index contributed by atoms with van der Waals surface area (Å²) >= 11 is 0. The average molecular weight is 464 g/mol. The summed E-state index contributed by atoms with van der Waals surface area (Å²) in [7, 11) is 3.46. The molecule has 0 bridgehead atoms. The van der Waals surface area contributed by atoms with E-state index < -0.39 is 5.91 Å². The molecule has 1 aromatic carbocycles. The SMILES string of the molecule is CN(C)C(=O)C[C@H]1CCCN(c2cnc(C(N)=O)c(Nc3ccc4ncccc4c3)n2)[C@@H]1CO. The molecule has 0 radical (unpaired) electrons. The maximum absolute atomic E-state index is 12.3. The topological polar surface area (TPSA) is 138 Å². The molecule has 1 aliphatic heterocycles. The van der Waals surface area contributed by atoms with E-state index in [1.54, 1.807) is 25.2 Å². The van der Waals surface area contributed by atoms with Gasteiger partial charge >= 0.3 is 0 Å². The summed E-state index contributed by atoms with van der Waals surface area (Å²) in [6, 6.07) is 9.13. The van der Waals surface area contributed by atoms with Crippen LogP contribution in [0.25, 0.3) is 10.9 Å². The molecule has 1 fully saturated rings. The lowest BCUT2D eigenvalue weighted by Gasteiger charge is -2.41. The van der Waals surface area contributed by atoms with Gasteiger partial charge in [-0.2, -0.15) is 0 Å². The number of primary amides is 1. The predicted molar refractivity (Wildman–Crippen MR) is 130 cm³/mol. The molecule has 3 heterocycles. The number of nitrogens with two attached hydrogens (primary N) is 1. The summed E-state index contributed by atoms with van der Waals surface area (Å²) in [5.74, 6) is 0.0486. The number of fused-ring (bicyclic) bond motifs is 1. The average Bonchev–Trinajstić information content (AvgIpc) is 2.83. The van der Waals surface area contributed by atoms with Crippen LogP contribution in [0.15, 0.2) is 42.7 Å². The summed E-state index contributed by atoms with van der Waals surface area (Å²) in [6.45, 7) is 0.536. The molecule has 10 nitrogen and oxygen atoms in total. The number of rotatable bonds is 7. The van der Waals surface area contributed by atoms with Gasteiger partial charge in [0.1, 0.15) is 5.82 Å². The highest BCUT2D eigenvalue weighted by molar-refractivity contribution is 5.96. The number of hydrogen-bond donors (Lipinski definition) is 3. The van der Waals surface area contributed by atoms with E-state index in [1.165, 1.54) is 6.20 Å². The van der Waals surface area contributed by atoms with Crippen molar-refractivity contribution in [2.45, 2.75) is 25.3 Å². The van der Waals surface area contributed by atoms with Gasteiger partial charge in [0.05, 0.1) is 24.4 Å². The number of hydrogen-bond acceptors (Lipinski definition) is 8. The van der Waals surface area contributed by atoms with Crippen LogP contribution in [0.2, 0.25) is 0 Å². The number of aliphatic hydroxyl groups excluding tert-OH is 1. The van der Waals surface area contributed by atoms with Crippen molar-refractivity contribution in [3.63, 3.8) is 0 Å². The smallest absolute Gasteiger partial charge is 0.271 e. The van der Waals surface area contributed by atoms with Crippen LogP contribution in [0.5, 0.6) is 0 Å². The molecular formula is C24H29N7O3. The second-order valence-electron chi connectivity index (χ2n) is 8.66. The zero-order valence-electron chi connectivity index (χ0n) is 19.3. The normalized spacial score (nSPS) is 18.0. The molecule has 1 saturated heterocycles. The van der Waals surface area contributed by atoms with E-state index in [0.29, 0.717) is 24.5 Å².